The molecule has 0 fully saturated rings. The van der Waals surface area contributed by atoms with Crippen LogP contribution in [-0.2, 0) is 11.3 Å². The van der Waals surface area contributed by atoms with E-state index in [1.807, 2.05) is 60.7 Å². The molecule has 3 aromatic rings. The third-order valence-corrected chi connectivity index (χ3v) is 5.81. The van der Waals surface area contributed by atoms with Crippen LogP contribution in [0.25, 0.3) is 0 Å². The Morgan fingerprint density at radius 1 is 1.00 bits per heavy atom. The second kappa shape index (κ2) is 8.92. The molecule has 5 nitrogen and oxygen atoms in total. The number of carbonyl (C=O) groups is 2. The highest BCUT2D eigenvalue weighted by Gasteiger charge is 2.27. The molecule has 2 amide bonds. The van der Waals surface area contributed by atoms with E-state index in [-0.39, 0.29) is 11.8 Å². The summed E-state index contributed by atoms with van der Waals surface area (Å²) in [6, 6.07) is 21.2. The van der Waals surface area contributed by atoms with Crippen LogP contribution in [0, 0.1) is 0 Å². The molecule has 29 heavy (non-hydrogen) atoms. The highest BCUT2D eigenvalue weighted by Crippen LogP contribution is 2.40. The SMILES string of the molecule is O=C(CCCN1C(=O)c2cccnc2Sc2ccccc21)NCc1ccccc1. The molecule has 6 heteroatoms. The van der Waals surface area contributed by atoms with Crippen molar-refractivity contribution in [3.8, 4) is 0 Å². The number of para-hydroxylation sites is 1. The van der Waals surface area contributed by atoms with Gasteiger partial charge in [-0.15, -0.1) is 0 Å². The first-order valence-electron chi connectivity index (χ1n) is 9.57. The van der Waals surface area contributed by atoms with Crippen LogP contribution in [0.4, 0.5) is 5.69 Å². The molecule has 2 aromatic carbocycles. The van der Waals surface area contributed by atoms with Crippen molar-refractivity contribution in [3.63, 3.8) is 0 Å². The highest BCUT2D eigenvalue weighted by molar-refractivity contribution is 7.99. The van der Waals surface area contributed by atoms with E-state index >= 15 is 0 Å². The summed E-state index contributed by atoms with van der Waals surface area (Å²) in [5.74, 6) is -0.0869. The van der Waals surface area contributed by atoms with Crippen LogP contribution >= 0.6 is 11.8 Å². The van der Waals surface area contributed by atoms with Crippen LogP contribution in [0.3, 0.4) is 0 Å². The maximum Gasteiger partial charge on any atom is 0.261 e. The van der Waals surface area contributed by atoms with Crippen molar-refractivity contribution in [2.24, 2.45) is 0 Å². The van der Waals surface area contributed by atoms with Crippen LogP contribution in [-0.4, -0.2) is 23.3 Å². The average Bonchev–Trinajstić information content (AvgIpc) is 2.88. The van der Waals surface area contributed by atoms with Gasteiger partial charge in [0.05, 0.1) is 11.3 Å². The molecule has 0 unspecified atom stereocenters. The number of fused-ring (bicyclic) bond motifs is 2. The number of hydrogen-bond donors (Lipinski definition) is 1. The second-order valence-corrected chi connectivity index (χ2v) is 7.78. The topological polar surface area (TPSA) is 62.3 Å². The van der Waals surface area contributed by atoms with Crippen LogP contribution in [0.2, 0.25) is 0 Å². The number of hydrogen-bond acceptors (Lipinski definition) is 4. The lowest BCUT2D eigenvalue weighted by Crippen LogP contribution is -2.33. The number of benzene rings is 2. The van der Waals surface area contributed by atoms with Gasteiger partial charge in [-0.1, -0.05) is 54.2 Å². The molecule has 1 aromatic heterocycles. The van der Waals surface area contributed by atoms with Crippen LogP contribution in [0.5, 0.6) is 0 Å². The molecule has 0 bridgehead atoms. The van der Waals surface area contributed by atoms with Gasteiger partial charge in [0, 0.05) is 30.6 Å². The molecule has 1 aliphatic heterocycles. The Hall–Kier alpha value is -3.12. The van der Waals surface area contributed by atoms with Gasteiger partial charge in [0.2, 0.25) is 5.91 Å². The average molecular weight is 404 g/mol. The normalized spacial score (nSPS) is 12.7. The number of carbonyl (C=O) groups excluding carboxylic acids is 2. The minimum absolute atomic E-state index is 0.0131. The first kappa shape index (κ1) is 19.2. The van der Waals surface area contributed by atoms with Crippen molar-refractivity contribution >= 4 is 29.3 Å². The third-order valence-electron chi connectivity index (χ3n) is 4.73. The van der Waals surface area contributed by atoms with Crippen LogP contribution < -0.4 is 10.2 Å². The minimum atomic E-state index is -0.0738. The van der Waals surface area contributed by atoms with Crippen molar-refractivity contribution in [1.29, 1.82) is 0 Å². The molecular weight excluding hydrogens is 382 g/mol. The lowest BCUT2D eigenvalue weighted by atomic mass is 10.2. The lowest BCUT2D eigenvalue weighted by Gasteiger charge is -2.22. The highest BCUT2D eigenvalue weighted by atomic mass is 32.2. The van der Waals surface area contributed by atoms with Crippen LogP contribution in [0.15, 0.2) is 82.8 Å². The summed E-state index contributed by atoms with van der Waals surface area (Å²) in [7, 11) is 0. The summed E-state index contributed by atoms with van der Waals surface area (Å²) in [6.07, 6.45) is 2.65. The first-order chi connectivity index (χ1) is 14.2. The predicted molar refractivity (Wildman–Crippen MR) is 114 cm³/mol. The van der Waals surface area contributed by atoms with E-state index in [1.54, 1.807) is 17.2 Å². The zero-order valence-electron chi connectivity index (χ0n) is 15.9. The molecule has 1 aliphatic rings. The fourth-order valence-electron chi connectivity index (χ4n) is 3.26. The van der Waals surface area contributed by atoms with Gasteiger partial charge in [0.1, 0.15) is 5.03 Å². The molecule has 0 saturated carbocycles. The summed E-state index contributed by atoms with van der Waals surface area (Å²) in [5, 5.41) is 3.65. The van der Waals surface area contributed by atoms with Crippen LogP contribution in [0.1, 0.15) is 28.8 Å². The van der Waals surface area contributed by atoms with Gasteiger partial charge in [-0.2, -0.15) is 0 Å². The van der Waals surface area contributed by atoms with Gasteiger partial charge in [-0.3, -0.25) is 9.59 Å². The van der Waals surface area contributed by atoms with Gasteiger partial charge < -0.3 is 10.2 Å². The van der Waals surface area contributed by atoms with E-state index in [0.717, 1.165) is 16.1 Å². The number of nitrogens with zero attached hydrogens (tertiary/aromatic N) is 2. The Balaban J connectivity index is 1.42. The first-order valence-corrected chi connectivity index (χ1v) is 10.4. The number of aromatic nitrogens is 1. The van der Waals surface area contributed by atoms with Crippen molar-refractivity contribution in [3.05, 3.63) is 84.1 Å². The fourth-order valence-corrected chi connectivity index (χ4v) is 4.28. The second-order valence-electron chi connectivity index (χ2n) is 6.75. The zero-order chi connectivity index (χ0) is 20.1. The van der Waals surface area contributed by atoms with Gasteiger partial charge in [0.15, 0.2) is 0 Å². The number of amides is 2. The Morgan fingerprint density at radius 3 is 2.66 bits per heavy atom. The van der Waals surface area contributed by atoms with E-state index < -0.39 is 0 Å². The molecule has 0 atom stereocenters. The van der Waals surface area contributed by atoms with E-state index in [2.05, 4.69) is 10.3 Å². The van der Waals surface area contributed by atoms with Crippen molar-refractivity contribution in [2.45, 2.75) is 29.3 Å². The predicted octanol–water partition coefficient (Wildman–Crippen LogP) is 4.29. The third kappa shape index (κ3) is 4.49. The number of rotatable bonds is 6. The minimum Gasteiger partial charge on any atom is -0.352 e. The molecule has 4 rings (SSSR count). The Kier molecular flexibility index (Phi) is 5.91. The molecule has 146 valence electrons. The van der Waals surface area contributed by atoms with E-state index in [0.29, 0.717) is 36.5 Å². The number of nitrogens with one attached hydrogen (secondary N) is 1. The molecule has 0 saturated heterocycles. The summed E-state index contributed by atoms with van der Waals surface area (Å²) >= 11 is 1.50. The monoisotopic (exact) mass is 403 g/mol. The zero-order valence-corrected chi connectivity index (χ0v) is 16.7. The fraction of sp³-hybridized carbons (Fsp3) is 0.174. The largest absolute Gasteiger partial charge is 0.352 e. The number of pyridine rings is 1. The lowest BCUT2D eigenvalue weighted by molar-refractivity contribution is -0.121. The smallest absolute Gasteiger partial charge is 0.261 e. The van der Waals surface area contributed by atoms with Gasteiger partial charge in [0.25, 0.3) is 5.91 Å². The van der Waals surface area contributed by atoms with Crippen molar-refractivity contribution in [2.75, 3.05) is 11.4 Å². The van der Waals surface area contributed by atoms with Gasteiger partial charge in [-0.05, 0) is 36.2 Å². The summed E-state index contributed by atoms with van der Waals surface area (Å²) < 4.78 is 0. The molecule has 0 aliphatic carbocycles. The Labute approximate surface area is 174 Å². The number of anilines is 1. The van der Waals surface area contributed by atoms with Gasteiger partial charge >= 0.3 is 0 Å². The molecule has 1 N–H and O–H groups in total. The summed E-state index contributed by atoms with van der Waals surface area (Å²) in [6.45, 7) is 0.990. The standard InChI is InChI=1S/C23H21N3O2S/c27-21(25-16-17-8-2-1-3-9-17)13-7-15-26-19-11-4-5-12-20(19)29-22-18(23(26)28)10-6-14-24-22/h1-6,8-12,14H,7,13,15-16H2,(H,25,27). The maximum atomic E-state index is 13.2. The maximum absolute atomic E-state index is 13.2. The molecule has 0 spiro atoms. The van der Waals surface area contributed by atoms with E-state index in [1.165, 1.54) is 11.8 Å². The van der Waals surface area contributed by atoms with E-state index in [9.17, 15) is 9.59 Å². The van der Waals surface area contributed by atoms with Gasteiger partial charge in [-0.25, -0.2) is 4.98 Å². The van der Waals surface area contributed by atoms with E-state index in [4.69, 9.17) is 0 Å². The Bertz CT molecular complexity index is 1020. The van der Waals surface area contributed by atoms with Crippen molar-refractivity contribution < 1.29 is 9.59 Å². The molecular formula is C23H21N3O2S. The molecule has 2 heterocycles. The molecule has 0 radical (unpaired) electrons. The summed E-state index contributed by atoms with van der Waals surface area (Å²) in [4.78, 5) is 32.5. The Morgan fingerprint density at radius 2 is 1.79 bits per heavy atom. The quantitative estimate of drug-likeness (QED) is 0.667. The van der Waals surface area contributed by atoms with Crippen molar-refractivity contribution in [1.82, 2.24) is 10.3 Å². The summed E-state index contributed by atoms with van der Waals surface area (Å²) in [5.41, 5.74) is 2.53.